The fourth-order valence-corrected chi connectivity index (χ4v) is 3.22. The fraction of sp³-hybridized carbons (Fsp3) is 0.500. The summed E-state index contributed by atoms with van der Waals surface area (Å²) >= 11 is 1.68. The first-order valence-electron chi connectivity index (χ1n) is 6.80. The molecule has 0 radical (unpaired) electrons. The molecule has 108 valence electrons. The van der Waals surface area contributed by atoms with E-state index in [9.17, 15) is 0 Å². The van der Waals surface area contributed by atoms with Gasteiger partial charge in [0.15, 0.2) is 0 Å². The molecular formula is C14H21N5S. The maximum atomic E-state index is 4.03. The number of nitrogens with zero attached hydrogens (tertiary/aromatic N) is 4. The molecule has 2 atom stereocenters. The molecule has 0 saturated carbocycles. The number of nitrogens with one attached hydrogen (secondary N) is 1. The summed E-state index contributed by atoms with van der Waals surface area (Å²) in [4.78, 5) is 0. The van der Waals surface area contributed by atoms with Crippen LogP contribution in [0.25, 0.3) is 0 Å². The SMILES string of the molecule is CCc1ccc(C(NC)C(C)Sc2nnnn2C)cc1. The standard InChI is InChI=1S/C14H21N5S/c1-5-11-6-8-12(9-7-11)13(15-3)10(2)20-14-16-17-18-19(14)4/h6-10,13,15H,5H2,1-4H3. The average Bonchev–Trinajstić information content (AvgIpc) is 2.86. The zero-order chi connectivity index (χ0) is 14.5. The second-order valence-electron chi connectivity index (χ2n) is 4.77. The predicted octanol–water partition coefficient (Wildman–Crippen LogP) is 2.21. The van der Waals surface area contributed by atoms with E-state index in [0.717, 1.165) is 11.6 Å². The molecule has 0 aliphatic rings. The highest BCUT2D eigenvalue weighted by Crippen LogP contribution is 2.30. The van der Waals surface area contributed by atoms with Crippen molar-refractivity contribution >= 4 is 11.8 Å². The molecule has 0 aliphatic carbocycles. The van der Waals surface area contributed by atoms with Gasteiger partial charge in [-0.3, -0.25) is 0 Å². The number of tetrazole rings is 1. The predicted molar refractivity (Wildman–Crippen MR) is 81.7 cm³/mol. The summed E-state index contributed by atoms with van der Waals surface area (Å²) in [6.45, 7) is 4.36. The first-order chi connectivity index (χ1) is 9.65. The molecule has 2 rings (SSSR count). The molecule has 6 heteroatoms. The van der Waals surface area contributed by atoms with Crippen molar-refractivity contribution in [3.8, 4) is 0 Å². The van der Waals surface area contributed by atoms with Gasteiger partial charge >= 0.3 is 0 Å². The van der Waals surface area contributed by atoms with Gasteiger partial charge in [-0.15, -0.1) is 5.10 Å². The Labute approximate surface area is 124 Å². The molecule has 1 N–H and O–H groups in total. The van der Waals surface area contributed by atoms with Crippen LogP contribution in [0.4, 0.5) is 0 Å². The van der Waals surface area contributed by atoms with Crippen LogP contribution in [0.1, 0.15) is 31.0 Å². The Bertz CT molecular complexity index is 537. The number of aromatic nitrogens is 4. The number of thioether (sulfide) groups is 1. The summed E-state index contributed by atoms with van der Waals surface area (Å²) < 4.78 is 1.70. The summed E-state index contributed by atoms with van der Waals surface area (Å²) in [6, 6.07) is 9.06. The number of hydrogen-bond acceptors (Lipinski definition) is 5. The normalized spacial score (nSPS) is 14.2. The molecule has 0 saturated heterocycles. The number of aryl methyl sites for hydroxylation is 2. The highest BCUT2D eigenvalue weighted by atomic mass is 32.2. The minimum absolute atomic E-state index is 0.266. The van der Waals surface area contributed by atoms with E-state index in [1.165, 1.54) is 11.1 Å². The van der Waals surface area contributed by atoms with Crippen LogP contribution in [0.3, 0.4) is 0 Å². The van der Waals surface area contributed by atoms with E-state index in [-0.39, 0.29) is 6.04 Å². The maximum Gasteiger partial charge on any atom is 0.209 e. The van der Waals surface area contributed by atoms with Crippen LogP contribution in [-0.2, 0) is 13.5 Å². The van der Waals surface area contributed by atoms with Gasteiger partial charge in [0, 0.05) is 18.3 Å². The fourth-order valence-electron chi connectivity index (χ4n) is 2.19. The minimum atomic E-state index is 0.266. The summed E-state index contributed by atoms with van der Waals surface area (Å²) in [7, 11) is 3.85. The monoisotopic (exact) mass is 291 g/mol. The molecule has 1 aromatic heterocycles. The number of benzene rings is 1. The van der Waals surface area contributed by atoms with E-state index in [4.69, 9.17) is 0 Å². The van der Waals surface area contributed by atoms with Crippen LogP contribution in [0, 0.1) is 0 Å². The van der Waals surface area contributed by atoms with E-state index < -0.39 is 0 Å². The number of rotatable bonds is 6. The van der Waals surface area contributed by atoms with E-state index in [0.29, 0.717) is 5.25 Å². The molecular weight excluding hydrogens is 270 g/mol. The van der Waals surface area contributed by atoms with Crippen molar-refractivity contribution in [1.29, 1.82) is 0 Å². The smallest absolute Gasteiger partial charge is 0.209 e. The van der Waals surface area contributed by atoms with Crippen molar-refractivity contribution in [1.82, 2.24) is 25.5 Å². The third kappa shape index (κ3) is 3.37. The Morgan fingerprint density at radius 3 is 2.50 bits per heavy atom. The van der Waals surface area contributed by atoms with Crippen LogP contribution in [0.15, 0.2) is 29.4 Å². The molecule has 1 heterocycles. The van der Waals surface area contributed by atoms with E-state index in [1.807, 2.05) is 14.1 Å². The molecule has 0 spiro atoms. The molecule has 1 aromatic carbocycles. The molecule has 0 fully saturated rings. The Morgan fingerprint density at radius 1 is 1.30 bits per heavy atom. The van der Waals surface area contributed by atoms with Crippen LogP contribution >= 0.6 is 11.8 Å². The van der Waals surface area contributed by atoms with Gasteiger partial charge < -0.3 is 5.32 Å². The zero-order valence-electron chi connectivity index (χ0n) is 12.4. The van der Waals surface area contributed by atoms with Crippen molar-refractivity contribution in [2.45, 2.75) is 36.7 Å². The van der Waals surface area contributed by atoms with Crippen molar-refractivity contribution in [2.75, 3.05) is 7.05 Å². The van der Waals surface area contributed by atoms with E-state index in [1.54, 1.807) is 16.4 Å². The molecule has 0 aliphatic heterocycles. The third-order valence-corrected chi connectivity index (χ3v) is 4.60. The lowest BCUT2D eigenvalue weighted by atomic mass is 10.0. The summed E-state index contributed by atoms with van der Waals surface area (Å²) in [6.07, 6.45) is 1.07. The van der Waals surface area contributed by atoms with Gasteiger partial charge in [-0.05, 0) is 35.0 Å². The van der Waals surface area contributed by atoms with Crippen LogP contribution in [-0.4, -0.2) is 32.5 Å². The van der Waals surface area contributed by atoms with Gasteiger partial charge in [-0.25, -0.2) is 4.68 Å². The Kier molecular flexibility index (Phi) is 5.14. The van der Waals surface area contributed by atoms with Crippen molar-refractivity contribution in [3.05, 3.63) is 35.4 Å². The lowest BCUT2D eigenvalue weighted by Crippen LogP contribution is -2.25. The Balaban J connectivity index is 2.12. The minimum Gasteiger partial charge on any atom is -0.312 e. The topological polar surface area (TPSA) is 55.6 Å². The third-order valence-electron chi connectivity index (χ3n) is 3.40. The summed E-state index contributed by atoms with van der Waals surface area (Å²) in [5.41, 5.74) is 2.65. The van der Waals surface area contributed by atoms with Gasteiger partial charge in [0.05, 0.1) is 0 Å². The molecule has 2 aromatic rings. The van der Waals surface area contributed by atoms with Gasteiger partial charge in [0.2, 0.25) is 5.16 Å². The largest absolute Gasteiger partial charge is 0.312 e. The van der Waals surface area contributed by atoms with Crippen LogP contribution < -0.4 is 5.32 Å². The van der Waals surface area contributed by atoms with Crippen LogP contribution in [0.5, 0.6) is 0 Å². The zero-order valence-corrected chi connectivity index (χ0v) is 13.2. The second kappa shape index (κ2) is 6.85. The van der Waals surface area contributed by atoms with E-state index in [2.05, 4.69) is 59.0 Å². The maximum absolute atomic E-state index is 4.03. The Hall–Kier alpha value is -1.40. The number of hydrogen-bond donors (Lipinski definition) is 1. The molecule has 0 bridgehead atoms. The molecule has 0 amide bonds. The van der Waals surface area contributed by atoms with Gasteiger partial charge in [0.1, 0.15) is 0 Å². The van der Waals surface area contributed by atoms with Crippen molar-refractivity contribution < 1.29 is 0 Å². The summed E-state index contributed by atoms with van der Waals surface area (Å²) in [5, 5.41) is 16.1. The van der Waals surface area contributed by atoms with Crippen molar-refractivity contribution in [2.24, 2.45) is 7.05 Å². The van der Waals surface area contributed by atoms with Crippen LogP contribution in [0.2, 0.25) is 0 Å². The lowest BCUT2D eigenvalue weighted by Gasteiger charge is -2.23. The van der Waals surface area contributed by atoms with Gasteiger partial charge in [0.25, 0.3) is 0 Å². The highest BCUT2D eigenvalue weighted by Gasteiger charge is 2.20. The van der Waals surface area contributed by atoms with Gasteiger partial charge in [-0.1, -0.05) is 49.9 Å². The van der Waals surface area contributed by atoms with Crippen molar-refractivity contribution in [3.63, 3.8) is 0 Å². The second-order valence-corrected chi connectivity index (χ2v) is 6.11. The average molecular weight is 291 g/mol. The molecule has 20 heavy (non-hydrogen) atoms. The first kappa shape index (κ1) is 15.0. The molecule has 2 unspecified atom stereocenters. The Morgan fingerprint density at radius 2 is 2.00 bits per heavy atom. The lowest BCUT2D eigenvalue weighted by molar-refractivity contribution is 0.585. The summed E-state index contributed by atoms with van der Waals surface area (Å²) in [5.74, 6) is 0. The van der Waals surface area contributed by atoms with E-state index >= 15 is 0 Å². The quantitative estimate of drug-likeness (QED) is 0.827. The molecule has 5 nitrogen and oxygen atoms in total. The van der Waals surface area contributed by atoms with Gasteiger partial charge in [-0.2, -0.15) is 0 Å². The highest BCUT2D eigenvalue weighted by molar-refractivity contribution is 7.99. The first-order valence-corrected chi connectivity index (χ1v) is 7.68.